The molecular formula is C15H18BrN3. The van der Waals surface area contributed by atoms with E-state index in [1.807, 2.05) is 19.1 Å². The third-order valence-electron chi connectivity index (χ3n) is 3.01. The van der Waals surface area contributed by atoms with E-state index in [9.17, 15) is 0 Å². The van der Waals surface area contributed by atoms with Crippen LogP contribution < -0.4 is 5.32 Å². The quantitative estimate of drug-likeness (QED) is 0.838. The van der Waals surface area contributed by atoms with Crippen molar-refractivity contribution in [1.29, 1.82) is 0 Å². The van der Waals surface area contributed by atoms with Crippen LogP contribution in [0.4, 0.5) is 5.95 Å². The van der Waals surface area contributed by atoms with Crippen molar-refractivity contribution < 1.29 is 0 Å². The molecule has 1 aromatic heterocycles. The Hall–Kier alpha value is -1.55. The average Bonchev–Trinajstić information content (AvgIpc) is 2.76. The predicted octanol–water partition coefficient (Wildman–Crippen LogP) is 4.16. The summed E-state index contributed by atoms with van der Waals surface area (Å²) in [5.74, 6) is 0.880. The lowest BCUT2D eigenvalue weighted by Crippen LogP contribution is -2.11. The van der Waals surface area contributed by atoms with E-state index >= 15 is 0 Å². The van der Waals surface area contributed by atoms with E-state index in [0.29, 0.717) is 6.54 Å². The fraction of sp³-hybridized carbons (Fsp3) is 0.267. The summed E-state index contributed by atoms with van der Waals surface area (Å²) in [6, 6.07) is 8.58. The van der Waals surface area contributed by atoms with E-state index in [0.717, 1.165) is 16.1 Å². The second-order valence-corrected chi connectivity index (χ2v) is 5.43. The van der Waals surface area contributed by atoms with Gasteiger partial charge in [0.05, 0.1) is 11.7 Å². The molecule has 0 aliphatic rings. The first-order chi connectivity index (χ1) is 9.11. The molecule has 1 atom stereocenters. The van der Waals surface area contributed by atoms with E-state index in [4.69, 9.17) is 0 Å². The van der Waals surface area contributed by atoms with Crippen molar-refractivity contribution >= 4 is 21.9 Å². The highest BCUT2D eigenvalue weighted by molar-refractivity contribution is 9.10. The maximum absolute atomic E-state index is 4.51. The number of aryl methyl sites for hydroxylation is 1. The number of anilines is 1. The topological polar surface area (TPSA) is 29.9 Å². The van der Waals surface area contributed by atoms with E-state index in [-0.39, 0.29) is 6.04 Å². The highest BCUT2D eigenvalue weighted by Gasteiger charge is 2.13. The van der Waals surface area contributed by atoms with Gasteiger partial charge in [-0.15, -0.1) is 6.58 Å². The Morgan fingerprint density at radius 3 is 3.00 bits per heavy atom. The number of halogens is 1. The largest absolute Gasteiger partial charge is 0.352 e. The van der Waals surface area contributed by atoms with Gasteiger partial charge >= 0.3 is 0 Å². The van der Waals surface area contributed by atoms with Crippen molar-refractivity contribution in [3.63, 3.8) is 0 Å². The molecule has 1 heterocycles. The molecule has 0 amide bonds. The second-order valence-electron chi connectivity index (χ2n) is 4.51. The Kier molecular flexibility index (Phi) is 4.43. The normalized spacial score (nSPS) is 12.2. The molecule has 0 radical (unpaired) electrons. The molecule has 0 fully saturated rings. The number of nitrogens with one attached hydrogen (secondary N) is 1. The van der Waals surface area contributed by atoms with Crippen LogP contribution in [0.2, 0.25) is 0 Å². The second kappa shape index (κ2) is 6.06. The first-order valence-electron chi connectivity index (χ1n) is 6.27. The van der Waals surface area contributed by atoms with Crippen LogP contribution in [0.25, 0.3) is 0 Å². The molecule has 0 saturated heterocycles. The minimum Gasteiger partial charge on any atom is -0.352 e. The van der Waals surface area contributed by atoms with E-state index in [2.05, 4.69) is 68.7 Å². The first-order valence-corrected chi connectivity index (χ1v) is 7.07. The van der Waals surface area contributed by atoms with Gasteiger partial charge in [-0.3, -0.25) is 0 Å². The van der Waals surface area contributed by atoms with Crippen LogP contribution in [-0.2, 0) is 0 Å². The van der Waals surface area contributed by atoms with Crippen molar-refractivity contribution in [2.75, 3.05) is 11.9 Å². The number of aromatic nitrogens is 2. The maximum Gasteiger partial charge on any atom is 0.203 e. The molecule has 19 heavy (non-hydrogen) atoms. The summed E-state index contributed by atoms with van der Waals surface area (Å²) >= 11 is 3.51. The van der Waals surface area contributed by atoms with Gasteiger partial charge < -0.3 is 9.88 Å². The summed E-state index contributed by atoms with van der Waals surface area (Å²) in [7, 11) is 0. The minimum absolute atomic E-state index is 0.228. The van der Waals surface area contributed by atoms with Gasteiger partial charge in [0, 0.05) is 17.2 Å². The molecular weight excluding hydrogens is 302 g/mol. The van der Waals surface area contributed by atoms with Crippen molar-refractivity contribution in [3.8, 4) is 0 Å². The summed E-state index contributed by atoms with van der Waals surface area (Å²) < 4.78 is 3.25. The summed E-state index contributed by atoms with van der Waals surface area (Å²) in [6.07, 6.45) is 3.90. The molecule has 1 unspecified atom stereocenters. The van der Waals surface area contributed by atoms with Gasteiger partial charge in [-0.25, -0.2) is 4.98 Å². The molecule has 100 valence electrons. The van der Waals surface area contributed by atoms with Crippen molar-refractivity contribution in [2.24, 2.45) is 0 Å². The number of imidazole rings is 1. The van der Waals surface area contributed by atoms with Crippen LogP contribution in [0.5, 0.6) is 0 Å². The predicted molar refractivity (Wildman–Crippen MR) is 83.6 cm³/mol. The van der Waals surface area contributed by atoms with Gasteiger partial charge in [0.15, 0.2) is 0 Å². The molecule has 4 heteroatoms. The smallest absolute Gasteiger partial charge is 0.203 e. The molecule has 2 aromatic rings. The molecule has 0 aliphatic carbocycles. The first kappa shape index (κ1) is 13.9. The van der Waals surface area contributed by atoms with Gasteiger partial charge in [-0.2, -0.15) is 0 Å². The van der Waals surface area contributed by atoms with Crippen LogP contribution in [-0.4, -0.2) is 16.1 Å². The van der Waals surface area contributed by atoms with E-state index in [1.54, 1.807) is 0 Å². The Bertz CT molecular complexity index is 575. The number of nitrogens with zero attached hydrogens (tertiary/aromatic N) is 2. The third kappa shape index (κ3) is 3.26. The zero-order chi connectivity index (χ0) is 13.8. The zero-order valence-electron chi connectivity index (χ0n) is 11.2. The summed E-state index contributed by atoms with van der Waals surface area (Å²) in [5, 5.41) is 3.27. The van der Waals surface area contributed by atoms with Gasteiger partial charge in [0.1, 0.15) is 0 Å². The monoisotopic (exact) mass is 319 g/mol. The molecule has 0 saturated carbocycles. The SMILES string of the molecule is C=CCNc1nc(C)cn1C(C)c1cccc(Br)c1. The molecule has 1 N–H and O–H groups in total. The van der Waals surface area contributed by atoms with Gasteiger partial charge in [0.25, 0.3) is 0 Å². The Labute approximate surface area is 122 Å². The van der Waals surface area contributed by atoms with Crippen LogP contribution >= 0.6 is 15.9 Å². The standard InChI is InChI=1S/C15H18BrN3/c1-4-8-17-15-18-11(2)10-19(15)12(3)13-6-5-7-14(16)9-13/h4-7,9-10,12H,1,8H2,2-3H3,(H,17,18). The highest BCUT2D eigenvalue weighted by atomic mass is 79.9. The Morgan fingerprint density at radius 1 is 1.53 bits per heavy atom. The van der Waals surface area contributed by atoms with Crippen molar-refractivity contribution in [2.45, 2.75) is 19.9 Å². The summed E-state index contributed by atoms with van der Waals surface area (Å²) in [5.41, 5.74) is 2.25. The third-order valence-corrected chi connectivity index (χ3v) is 3.50. The Morgan fingerprint density at radius 2 is 2.32 bits per heavy atom. The lowest BCUT2D eigenvalue weighted by Gasteiger charge is -2.17. The van der Waals surface area contributed by atoms with Crippen LogP contribution in [0.1, 0.15) is 24.2 Å². The van der Waals surface area contributed by atoms with E-state index in [1.165, 1.54) is 5.56 Å². The molecule has 1 aromatic carbocycles. The highest BCUT2D eigenvalue weighted by Crippen LogP contribution is 2.25. The van der Waals surface area contributed by atoms with Gasteiger partial charge in [-0.05, 0) is 31.5 Å². The van der Waals surface area contributed by atoms with Crippen LogP contribution in [0.3, 0.4) is 0 Å². The number of rotatable bonds is 5. The lowest BCUT2D eigenvalue weighted by molar-refractivity contribution is 0.644. The summed E-state index contributed by atoms with van der Waals surface area (Å²) in [6.45, 7) is 8.60. The zero-order valence-corrected chi connectivity index (χ0v) is 12.8. The number of hydrogen-bond donors (Lipinski definition) is 1. The van der Waals surface area contributed by atoms with E-state index < -0.39 is 0 Å². The summed E-state index contributed by atoms with van der Waals surface area (Å²) in [4.78, 5) is 4.51. The molecule has 2 rings (SSSR count). The molecule has 3 nitrogen and oxygen atoms in total. The number of hydrogen-bond acceptors (Lipinski definition) is 2. The maximum atomic E-state index is 4.51. The fourth-order valence-corrected chi connectivity index (χ4v) is 2.45. The molecule has 0 aliphatic heterocycles. The minimum atomic E-state index is 0.228. The van der Waals surface area contributed by atoms with Crippen LogP contribution in [0, 0.1) is 6.92 Å². The van der Waals surface area contributed by atoms with Crippen molar-refractivity contribution in [3.05, 3.63) is 58.8 Å². The fourth-order valence-electron chi connectivity index (χ4n) is 2.03. The van der Waals surface area contributed by atoms with Gasteiger partial charge in [-0.1, -0.05) is 34.1 Å². The van der Waals surface area contributed by atoms with Gasteiger partial charge in [0.2, 0.25) is 5.95 Å². The molecule has 0 bridgehead atoms. The van der Waals surface area contributed by atoms with Crippen LogP contribution in [0.15, 0.2) is 47.6 Å². The average molecular weight is 320 g/mol. The number of benzene rings is 1. The Balaban J connectivity index is 2.32. The van der Waals surface area contributed by atoms with Crippen molar-refractivity contribution in [1.82, 2.24) is 9.55 Å². The molecule has 0 spiro atoms. The lowest BCUT2D eigenvalue weighted by atomic mass is 10.1.